The lowest BCUT2D eigenvalue weighted by Crippen LogP contribution is -2.53. The fourth-order valence-corrected chi connectivity index (χ4v) is 5.82. The van der Waals surface area contributed by atoms with Crippen molar-refractivity contribution in [1.82, 2.24) is 10.2 Å². The molecule has 0 aromatic heterocycles. The van der Waals surface area contributed by atoms with Crippen LogP contribution in [0.1, 0.15) is 66.6 Å². The lowest BCUT2D eigenvalue weighted by atomic mass is 9.84. The van der Waals surface area contributed by atoms with Gasteiger partial charge in [0.1, 0.15) is 11.6 Å². The smallest absolute Gasteiger partial charge is 0.266 e. The highest BCUT2D eigenvalue weighted by Crippen LogP contribution is 2.34. The van der Waals surface area contributed by atoms with Gasteiger partial charge in [-0.05, 0) is 63.7 Å². The van der Waals surface area contributed by atoms with Crippen molar-refractivity contribution in [2.24, 2.45) is 5.92 Å². The van der Waals surface area contributed by atoms with Crippen molar-refractivity contribution in [1.29, 1.82) is 0 Å². The number of alkyl halides is 2. The molecule has 1 amide bonds. The van der Waals surface area contributed by atoms with E-state index in [1.807, 2.05) is 4.90 Å². The van der Waals surface area contributed by atoms with Crippen LogP contribution in [0.5, 0.6) is 0 Å². The summed E-state index contributed by atoms with van der Waals surface area (Å²) in [5.74, 6) is -1.46. The summed E-state index contributed by atoms with van der Waals surface area (Å²) in [5, 5.41) is 6.19. The highest BCUT2D eigenvalue weighted by atomic mass is 19.3. The summed E-state index contributed by atoms with van der Waals surface area (Å²) in [7, 11) is 0. The maximum absolute atomic E-state index is 15.2. The Morgan fingerprint density at radius 1 is 1.03 bits per heavy atom. The Hall–Kier alpha value is -2.81. The Morgan fingerprint density at radius 2 is 1.72 bits per heavy atom. The van der Waals surface area contributed by atoms with Gasteiger partial charge in [0.05, 0.1) is 28.5 Å². The molecule has 194 valence electrons. The van der Waals surface area contributed by atoms with Gasteiger partial charge in [-0.3, -0.25) is 4.79 Å². The molecule has 2 aromatic carbocycles. The van der Waals surface area contributed by atoms with Gasteiger partial charge < -0.3 is 20.4 Å². The summed E-state index contributed by atoms with van der Waals surface area (Å²) < 4.78 is 56.3. The number of carbonyl (C=O) groups is 1. The number of nitrogens with zero attached hydrogens (tertiary/aromatic N) is 2. The molecule has 1 unspecified atom stereocenters. The Morgan fingerprint density at radius 3 is 2.36 bits per heavy atom. The molecule has 6 rings (SSSR count). The predicted octanol–water partition coefficient (Wildman–Crippen LogP) is 5.50. The van der Waals surface area contributed by atoms with Gasteiger partial charge in [0, 0.05) is 31.2 Å². The van der Waals surface area contributed by atoms with Gasteiger partial charge in [0.25, 0.3) is 12.3 Å². The molecule has 36 heavy (non-hydrogen) atoms. The van der Waals surface area contributed by atoms with Crippen LogP contribution in [-0.4, -0.2) is 49.6 Å². The van der Waals surface area contributed by atoms with Crippen LogP contribution in [0, 0.1) is 17.6 Å². The van der Waals surface area contributed by atoms with Crippen LogP contribution in [0.25, 0.3) is 0 Å². The maximum atomic E-state index is 15.2. The fraction of sp³-hybridized carbons (Fsp3) is 0.519. The molecule has 0 saturated carbocycles. The van der Waals surface area contributed by atoms with E-state index in [9.17, 15) is 18.0 Å². The van der Waals surface area contributed by atoms with E-state index in [0.717, 1.165) is 51.4 Å². The van der Waals surface area contributed by atoms with Gasteiger partial charge in [0.2, 0.25) is 0 Å². The lowest BCUT2D eigenvalue weighted by Gasteiger charge is -2.45. The third kappa shape index (κ3) is 4.90. The summed E-state index contributed by atoms with van der Waals surface area (Å²) >= 11 is 0. The minimum atomic E-state index is -2.95. The molecule has 0 aliphatic carbocycles. The number of hydrogen-bond acceptors (Lipinski definition) is 4. The zero-order valence-corrected chi connectivity index (χ0v) is 20.4. The van der Waals surface area contributed by atoms with E-state index in [1.165, 1.54) is 18.2 Å². The molecule has 2 atom stereocenters. The Bertz CT molecular complexity index is 1110. The molecule has 4 aliphatic heterocycles. The van der Waals surface area contributed by atoms with E-state index in [4.69, 9.17) is 0 Å². The second-order valence-corrected chi connectivity index (χ2v) is 10.2. The monoisotopic (exact) mass is 504 g/mol. The number of anilines is 2. The summed E-state index contributed by atoms with van der Waals surface area (Å²) in [5.41, 5.74) is 0.328. The second kappa shape index (κ2) is 10.3. The third-order valence-electron chi connectivity index (χ3n) is 7.88. The topological polar surface area (TPSA) is 47.6 Å². The van der Waals surface area contributed by atoms with Gasteiger partial charge in [0.15, 0.2) is 0 Å². The van der Waals surface area contributed by atoms with Crippen LogP contribution in [0.15, 0.2) is 30.3 Å². The van der Waals surface area contributed by atoms with Crippen LogP contribution in [0.3, 0.4) is 0 Å². The number of halogens is 4. The number of carbonyl (C=O) groups excluding carboxylic acids is 1. The molecule has 2 aromatic rings. The zero-order chi connectivity index (χ0) is 25.4. The highest BCUT2D eigenvalue weighted by molar-refractivity contribution is 6.01. The molecule has 9 heteroatoms. The van der Waals surface area contributed by atoms with Gasteiger partial charge >= 0.3 is 0 Å². The number of piperidine rings is 3. The molecule has 4 heterocycles. The Kier molecular flexibility index (Phi) is 7.10. The normalized spacial score (nSPS) is 24.3. The van der Waals surface area contributed by atoms with Gasteiger partial charge in [-0.2, -0.15) is 0 Å². The van der Waals surface area contributed by atoms with E-state index in [-0.39, 0.29) is 23.0 Å². The average molecular weight is 505 g/mol. The van der Waals surface area contributed by atoms with Crippen LogP contribution < -0.4 is 15.5 Å². The summed E-state index contributed by atoms with van der Waals surface area (Å²) in [6, 6.07) is 5.98. The molecule has 4 saturated heterocycles. The fourth-order valence-electron chi connectivity index (χ4n) is 5.82. The van der Waals surface area contributed by atoms with Crippen LogP contribution in [0.2, 0.25) is 0 Å². The molecular weight excluding hydrogens is 472 g/mol. The van der Waals surface area contributed by atoms with Crippen molar-refractivity contribution in [3.63, 3.8) is 0 Å². The number of nitrogens with one attached hydrogen (secondary N) is 2. The number of amides is 1. The molecule has 2 N–H and O–H groups in total. The largest absolute Gasteiger partial charge is 0.380 e. The molecule has 4 fully saturated rings. The van der Waals surface area contributed by atoms with Gasteiger partial charge in [-0.25, -0.2) is 17.6 Å². The molecule has 4 aliphatic rings. The average Bonchev–Trinajstić information content (AvgIpc) is 3.39. The van der Waals surface area contributed by atoms with E-state index in [0.29, 0.717) is 30.4 Å². The minimum absolute atomic E-state index is 0.0186. The first-order valence-electron chi connectivity index (χ1n) is 12.8. The molecule has 0 radical (unpaired) electrons. The van der Waals surface area contributed by atoms with Gasteiger partial charge in [-0.15, -0.1) is 0 Å². The van der Waals surface area contributed by atoms with Crippen molar-refractivity contribution < 1.29 is 22.4 Å². The first-order chi connectivity index (χ1) is 17.3. The number of benzene rings is 2. The highest BCUT2D eigenvalue weighted by Gasteiger charge is 2.35. The maximum Gasteiger partial charge on any atom is 0.266 e. The van der Waals surface area contributed by atoms with Crippen molar-refractivity contribution >= 4 is 17.3 Å². The quantitative estimate of drug-likeness (QED) is 0.489. The van der Waals surface area contributed by atoms with E-state index in [2.05, 4.69) is 15.5 Å². The van der Waals surface area contributed by atoms with Crippen LogP contribution >= 0.6 is 0 Å². The molecule has 0 spiro atoms. The van der Waals surface area contributed by atoms with Crippen molar-refractivity contribution in [3.8, 4) is 0 Å². The predicted molar refractivity (Wildman–Crippen MR) is 132 cm³/mol. The first-order valence-corrected chi connectivity index (χ1v) is 12.8. The third-order valence-corrected chi connectivity index (χ3v) is 7.88. The summed E-state index contributed by atoms with van der Waals surface area (Å²) in [6.07, 6.45) is 1.08. The Balaban J connectivity index is 1.44. The van der Waals surface area contributed by atoms with Crippen LogP contribution in [-0.2, 0) is 0 Å². The Labute approximate surface area is 208 Å². The molecule has 2 bridgehead atoms. The second-order valence-electron chi connectivity index (χ2n) is 10.2. The zero-order valence-electron chi connectivity index (χ0n) is 20.4. The van der Waals surface area contributed by atoms with E-state index in [1.54, 1.807) is 13.0 Å². The first kappa shape index (κ1) is 24.9. The number of hydrogen-bond donors (Lipinski definition) is 2. The SMILES string of the molecule is C[C@@H](NC(=O)c1cc(N2CCCC2)c(F)cc1NC1CN2CCC1CC2)c1cccc(C(F)F)c1F. The van der Waals surface area contributed by atoms with Crippen LogP contribution in [0.4, 0.5) is 28.9 Å². The van der Waals surface area contributed by atoms with Crippen molar-refractivity contribution in [2.45, 2.75) is 51.1 Å². The minimum Gasteiger partial charge on any atom is -0.380 e. The van der Waals surface area contributed by atoms with E-state index < -0.39 is 29.8 Å². The van der Waals surface area contributed by atoms with Crippen molar-refractivity contribution in [2.75, 3.05) is 42.9 Å². The molecule has 5 nitrogen and oxygen atoms in total. The summed E-state index contributed by atoms with van der Waals surface area (Å²) in [4.78, 5) is 17.8. The summed E-state index contributed by atoms with van der Waals surface area (Å²) in [6.45, 7) is 5.93. The number of fused-ring (bicyclic) bond motifs is 3. The van der Waals surface area contributed by atoms with Crippen molar-refractivity contribution in [3.05, 3.63) is 58.7 Å². The standard InChI is InChI=1S/C27H32F4N4O/c1-16(18-5-4-6-19(25(18)29)26(30)31)32-27(36)20-13-24(35-9-2-3-10-35)21(28)14-22(20)33-23-15-34-11-7-17(23)8-12-34/h4-6,13-14,16-17,23,26,33H,2-3,7-12,15H2,1H3,(H,32,36)/t16-,23?/m1/s1. The lowest BCUT2D eigenvalue weighted by molar-refractivity contribution is 0.0934. The molecular formula is C27H32F4N4O. The van der Waals surface area contributed by atoms with E-state index >= 15 is 4.39 Å². The number of rotatable bonds is 7. The van der Waals surface area contributed by atoms with Gasteiger partial charge in [-0.1, -0.05) is 18.2 Å².